The van der Waals surface area contributed by atoms with Crippen molar-refractivity contribution in [2.75, 3.05) is 6.61 Å². The molecule has 13 heavy (non-hydrogen) atoms. The molecule has 1 radical (unpaired) electrons. The van der Waals surface area contributed by atoms with Crippen LogP contribution in [0.4, 0.5) is 0 Å². The van der Waals surface area contributed by atoms with Crippen molar-refractivity contribution in [2.45, 2.75) is 52.2 Å². The Hall–Kier alpha value is -0.0800. The van der Waals surface area contributed by atoms with Crippen LogP contribution >= 0.6 is 0 Å². The summed E-state index contributed by atoms with van der Waals surface area (Å²) in [7, 11) is 0. The van der Waals surface area contributed by atoms with Gasteiger partial charge in [0.2, 0.25) is 0 Å². The Balaban J connectivity index is 3.46. The fraction of sp³-hybridized carbons (Fsp3) is 0.909. The van der Waals surface area contributed by atoms with Gasteiger partial charge in [-0.2, -0.15) is 0 Å². The summed E-state index contributed by atoms with van der Waals surface area (Å²) in [5.41, 5.74) is 0. The zero-order chi connectivity index (χ0) is 10.1. The molecule has 79 valence electrons. The van der Waals surface area contributed by atoms with E-state index in [1.807, 2.05) is 0 Å². The van der Waals surface area contributed by atoms with Crippen molar-refractivity contribution < 1.29 is 9.84 Å². The van der Waals surface area contributed by atoms with Gasteiger partial charge in [-0.25, -0.2) is 0 Å². The third kappa shape index (κ3) is 7.03. The molecule has 0 spiro atoms. The van der Waals surface area contributed by atoms with Crippen LogP contribution in [0.2, 0.25) is 0 Å². The normalized spacial score (nSPS) is 15.7. The molecule has 0 amide bonds. The molecule has 0 aromatic carbocycles. The van der Waals surface area contributed by atoms with Crippen LogP contribution in [0.5, 0.6) is 0 Å². The molecule has 2 nitrogen and oxygen atoms in total. The molecule has 2 atom stereocenters. The summed E-state index contributed by atoms with van der Waals surface area (Å²) in [6, 6.07) is 0. The largest absolute Gasteiger partial charge is 0.368 e. The molecule has 0 saturated carbocycles. The standard InChI is InChI=1S/C11H23O2/c1-4-7-8-10(5-2)9-13-11(12)6-3/h10-12H,3-9H2,1-2H3. The molecule has 0 aromatic heterocycles. The van der Waals surface area contributed by atoms with E-state index in [1.165, 1.54) is 19.3 Å². The number of hydrogen-bond acceptors (Lipinski definition) is 2. The zero-order valence-corrected chi connectivity index (χ0v) is 8.96. The number of aliphatic hydroxyl groups excluding tert-OH is 1. The van der Waals surface area contributed by atoms with E-state index >= 15 is 0 Å². The lowest BCUT2D eigenvalue weighted by Gasteiger charge is -2.16. The van der Waals surface area contributed by atoms with Crippen LogP contribution in [0.3, 0.4) is 0 Å². The van der Waals surface area contributed by atoms with Crippen LogP contribution in [-0.2, 0) is 4.74 Å². The van der Waals surface area contributed by atoms with Gasteiger partial charge >= 0.3 is 0 Å². The van der Waals surface area contributed by atoms with E-state index in [0.29, 0.717) is 18.9 Å². The highest BCUT2D eigenvalue weighted by Crippen LogP contribution is 2.13. The predicted molar refractivity (Wildman–Crippen MR) is 55.2 cm³/mol. The molecule has 0 aliphatic rings. The summed E-state index contributed by atoms with van der Waals surface area (Å²) in [4.78, 5) is 0. The Morgan fingerprint density at radius 3 is 2.54 bits per heavy atom. The fourth-order valence-electron chi connectivity index (χ4n) is 1.23. The van der Waals surface area contributed by atoms with Crippen molar-refractivity contribution in [3.8, 4) is 0 Å². The molecule has 2 unspecified atom stereocenters. The fourth-order valence-corrected chi connectivity index (χ4v) is 1.23. The average molecular weight is 187 g/mol. The van der Waals surface area contributed by atoms with Gasteiger partial charge in [-0.1, -0.05) is 33.1 Å². The van der Waals surface area contributed by atoms with E-state index < -0.39 is 6.29 Å². The molecule has 0 aliphatic carbocycles. The Morgan fingerprint density at radius 2 is 2.08 bits per heavy atom. The van der Waals surface area contributed by atoms with Crippen molar-refractivity contribution in [3.63, 3.8) is 0 Å². The van der Waals surface area contributed by atoms with Crippen molar-refractivity contribution >= 4 is 0 Å². The second kappa shape index (κ2) is 8.52. The quantitative estimate of drug-likeness (QED) is 0.592. The van der Waals surface area contributed by atoms with Crippen LogP contribution in [0.25, 0.3) is 0 Å². The molecular formula is C11H23O2. The highest BCUT2D eigenvalue weighted by Gasteiger charge is 2.08. The minimum Gasteiger partial charge on any atom is -0.368 e. The van der Waals surface area contributed by atoms with Gasteiger partial charge in [0.05, 0.1) is 6.61 Å². The molecule has 0 aromatic rings. The number of aliphatic hydroxyl groups is 1. The topological polar surface area (TPSA) is 29.5 Å². The van der Waals surface area contributed by atoms with Gasteiger partial charge in [0, 0.05) is 0 Å². The average Bonchev–Trinajstić information content (AvgIpc) is 2.17. The highest BCUT2D eigenvalue weighted by atomic mass is 16.6. The Labute approximate surface area is 82.3 Å². The molecule has 0 rings (SSSR count). The van der Waals surface area contributed by atoms with Crippen molar-refractivity contribution in [1.29, 1.82) is 0 Å². The van der Waals surface area contributed by atoms with Gasteiger partial charge in [0.1, 0.15) is 0 Å². The SMILES string of the molecule is [CH2]CC(O)OCC(CC)CCCC. The number of ether oxygens (including phenoxy) is 1. The summed E-state index contributed by atoms with van der Waals surface area (Å²) in [5.74, 6) is 0.598. The first kappa shape index (κ1) is 12.9. The summed E-state index contributed by atoms with van der Waals surface area (Å²) < 4.78 is 5.23. The zero-order valence-electron chi connectivity index (χ0n) is 8.96. The Kier molecular flexibility index (Phi) is 8.46. The van der Waals surface area contributed by atoms with Gasteiger partial charge in [0.25, 0.3) is 0 Å². The third-order valence-electron chi connectivity index (χ3n) is 2.31. The first-order valence-corrected chi connectivity index (χ1v) is 5.33. The first-order valence-electron chi connectivity index (χ1n) is 5.33. The van der Waals surface area contributed by atoms with Crippen molar-refractivity contribution in [2.24, 2.45) is 5.92 Å². The van der Waals surface area contributed by atoms with Gasteiger partial charge in [-0.05, 0) is 25.7 Å². The third-order valence-corrected chi connectivity index (χ3v) is 2.31. The number of rotatable bonds is 8. The molecule has 0 bridgehead atoms. The maximum Gasteiger partial charge on any atom is 0.154 e. The molecule has 0 fully saturated rings. The second-order valence-electron chi connectivity index (χ2n) is 3.49. The smallest absolute Gasteiger partial charge is 0.154 e. The first-order chi connectivity index (χ1) is 6.24. The lowest BCUT2D eigenvalue weighted by molar-refractivity contribution is -0.108. The van der Waals surface area contributed by atoms with E-state index in [0.717, 1.165) is 6.42 Å². The van der Waals surface area contributed by atoms with Gasteiger partial charge < -0.3 is 9.84 Å². The molecular weight excluding hydrogens is 164 g/mol. The second-order valence-corrected chi connectivity index (χ2v) is 3.49. The van der Waals surface area contributed by atoms with Crippen LogP contribution in [0.15, 0.2) is 0 Å². The molecule has 0 aliphatic heterocycles. The van der Waals surface area contributed by atoms with E-state index in [-0.39, 0.29) is 0 Å². The van der Waals surface area contributed by atoms with Crippen LogP contribution in [-0.4, -0.2) is 18.0 Å². The van der Waals surface area contributed by atoms with Gasteiger partial charge in [0.15, 0.2) is 6.29 Å². The number of unbranched alkanes of at least 4 members (excludes halogenated alkanes) is 1. The van der Waals surface area contributed by atoms with E-state index in [2.05, 4.69) is 20.8 Å². The van der Waals surface area contributed by atoms with Gasteiger partial charge in [-0.3, -0.25) is 0 Å². The van der Waals surface area contributed by atoms with Crippen molar-refractivity contribution in [3.05, 3.63) is 6.92 Å². The minimum absolute atomic E-state index is 0.435. The minimum atomic E-state index is -0.671. The molecule has 2 heteroatoms. The van der Waals surface area contributed by atoms with Crippen LogP contribution in [0.1, 0.15) is 46.0 Å². The van der Waals surface area contributed by atoms with Crippen molar-refractivity contribution in [1.82, 2.24) is 0 Å². The van der Waals surface area contributed by atoms with E-state index in [1.54, 1.807) is 0 Å². The molecule has 0 heterocycles. The molecule has 1 N–H and O–H groups in total. The summed E-state index contributed by atoms with van der Waals surface area (Å²) in [5, 5.41) is 9.14. The van der Waals surface area contributed by atoms with Crippen LogP contribution in [0, 0.1) is 12.8 Å². The molecule has 0 saturated heterocycles. The summed E-state index contributed by atoms with van der Waals surface area (Å²) in [6.07, 6.45) is 4.58. The number of hydrogen-bond donors (Lipinski definition) is 1. The maximum atomic E-state index is 9.14. The van der Waals surface area contributed by atoms with Gasteiger partial charge in [-0.15, -0.1) is 0 Å². The predicted octanol–water partition coefficient (Wildman–Crippen LogP) is 2.76. The lowest BCUT2D eigenvalue weighted by atomic mass is 10.0. The maximum absolute atomic E-state index is 9.14. The Bertz CT molecular complexity index is 104. The Morgan fingerprint density at radius 1 is 1.38 bits per heavy atom. The summed E-state index contributed by atoms with van der Waals surface area (Å²) in [6.45, 7) is 8.61. The lowest BCUT2D eigenvalue weighted by Crippen LogP contribution is -2.17. The highest BCUT2D eigenvalue weighted by molar-refractivity contribution is 4.56. The monoisotopic (exact) mass is 187 g/mol. The van der Waals surface area contributed by atoms with E-state index in [4.69, 9.17) is 9.84 Å². The summed E-state index contributed by atoms with van der Waals surface area (Å²) >= 11 is 0. The van der Waals surface area contributed by atoms with E-state index in [9.17, 15) is 0 Å². The van der Waals surface area contributed by atoms with Crippen LogP contribution < -0.4 is 0 Å².